The molecule has 0 amide bonds. The van der Waals surface area contributed by atoms with Crippen molar-refractivity contribution in [2.75, 3.05) is 6.54 Å². The molecular weight excluding hydrogens is 212 g/mol. The Kier molecular flexibility index (Phi) is 1.70. The van der Waals surface area contributed by atoms with Crippen molar-refractivity contribution in [2.45, 2.75) is 17.8 Å². The Morgan fingerprint density at radius 1 is 1.44 bits per heavy atom. The van der Waals surface area contributed by atoms with Crippen molar-refractivity contribution in [3.05, 3.63) is 36.3 Å². The summed E-state index contributed by atoms with van der Waals surface area (Å²) < 4.78 is 28.4. The minimum Gasteiger partial charge on any atom is -0.329 e. The van der Waals surface area contributed by atoms with Gasteiger partial charge in [-0.15, -0.1) is 0 Å². The number of nitrogens with two attached hydrogens (primary N) is 1. The quantitative estimate of drug-likeness (QED) is 0.839. The van der Waals surface area contributed by atoms with Gasteiger partial charge in [0.25, 0.3) is 5.92 Å². The van der Waals surface area contributed by atoms with Crippen molar-refractivity contribution in [3.63, 3.8) is 0 Å². The zero-order chi connectivity index (χ0) is 11.4. The first-order valence-corrected chi connectivity index (χ1v) is 5.11. The van der Waals surface area contributed by atoms with Gasteiger partial charge in [0.15, 0.2) is 0 Å². The Morgan fingerprint density at radius 3 is 2.75 bits per heavy atom. The highest BCUT2D eigenvalue weighted by atomic mass is 19.3. The van der Waals surface area contributed by atoms with Gasteiger partial charge in [0.05, 0.1) is 11.1 Å². The second-order valence-corrected chi connectivity index (χ2v) is 4.26. The lowest BCUT2D eigenvalue weighted by Gasteiger charge is -2.09. The Hall–Kier alpha value is -1.49. The van der Waals surface area contributed by atoms with Crippen molar-refractivity contribution in [2.24, 2.45) is 5.73 Å². The molecule has 16 heavy (non-hydrogen) atoms. The maximum absolute atomic E-state index is 13.3. The van der Waals surface area contributed by atoms with Crippen LogP contribution in [0.25, 0.3) is 5.65 Å². The van der Waals surface area contributed by atoms with E-state index in [0.717, 1.165) is 0 Å². The Labute approximate surface area is 90.9 Å². The van der Waals surface area contributed by atoms with Crippen molar-refractivity contribution in [1.82, 2.24) is 9.38 Å². The van der Waals surface area contributed by atoms with E-state index in [0.29, 0.717) is 11.3 Å². The lowest BCUT2D eigenvalue weighted by molar-refractivity contribution is 0.0887. The lowest BCUT2D eigenvalue weighted by atomic mass is 10.0. The molecule has 2 aromatic rings. The maximum Gasteiger partial charge on any atom is 0.261 e. The van der Waals surface area contributed by atoms with Crippen LogP contribution < -0.4 is 5.73 Å². The van der Waals surface area contributed by atoms with Gasteiger partial charge in [-0.05, 0) is 12.1 Å². The second kappa shape index (κ2) is 2.79. The Balaban J connectivity index is 2.13. The van der Waals surface area contributed by atoms with Crippen molar-refractivity contribution in [3.8, 4) is 0 Å². The summed E-state index contributed by atoms with van der Waals surface area (Å²) in [6.45, 7) is -0.0656. The molecule has 1 aliphatic carbocycles. The molecule has 1 aliphatic rings. The number of rotatable bonds is 2. The van der Waals surface area contributed by atoms with Gasteiger partial charge in [0.1, 0.15) is 5.65 Å². The van der Waals surface area contributed by atoms with Gasteiger partial charge in [0.2, 0.25) is 0 Å². The molecule has 1 saturated carbocycles. The summed E-state index contributed by atoms with van der Waals surface area (Å²) in [5.41, 5.74) is 5.30. The molecule has 0 spiro atoms. The number of fused-ring (bicyclic) bond motifs is 1. The molecule has 5 heteroatoms. The van der Waals surface area contributed by atoms with Crippen LogP contribution in [-0.2, 0) is 5.41 Å². The van der Waals surface area contributed by atoms with E-state index < -0.39 is 11.3 Å². The molecule has 1 unspecified atom stereocenters. The topological polar surface area (TPSA) is 43.3 Å². The third-order valence-electron chi connectivity index (χ3n) is 3.30. The summed E-state index contributed by atoms with van der Waals surface area (Å²) in [5, 5.41) is 0. The zero-order valence-electron chi connectivity index (χ0n) is 8.53. The molecule has 0 aliphatic heterocycles. The first kappa shape index (κ1) is 9.72. The van der Waals surface area contributed by atoms with E-state index in [1.165, 1.54) is 0 Å². The van der Waals surface area contributed by atoms with Crippen LogP contribution in [0.4, 0.5) is 8.78 Å². The number of imidazole rings is 1. The van der Waals surface area contributed by atoms with E-state index in [-0.39, 0.29) is 13.0 Å². The molecule has 0 radical (unpaired) electrons. The number of pyridine rings is 1. The Bertz CT molecular complexity index is 516. The molecule has 2 aromatic heterocycles. The number of nitrogens with zero attached hydrogens (tertiary/aromatic N) is 2. The lowest BCUT2D eigenvalue weighted by Crippen LogP contribution is -2.27. The fraction of sp³-hybridized carbons (Fsp3) is 0.364. The monoisotopic (exact) mass is 223 g/mol. The number of halogens is 2. The predicted octanol–water partition coefficient (Wildman–Crippen LogP) is 1.57. The first-order chi connectivity index (χ1) is 7.59. The largest absolute Gasteiger partial charge is 0.329 e. The van der Waals surface area contributed by atoms with E-state index in [1.807, 2.05) is 12.1 Å². The summed E-state index contributed by atoms with van der Waals surface area (Å²) in [4.78, 5) is 4.22. The summed E-state index contributed by atoms with van der Waals surface area (Å²) >= 11 is 0. The number of aromatic nitrogens is 2. The fourth-order valence-corrected chi connectivity index (χ4v) is 2.10. The smallest absolute Gasteiger partial charge is 0.261 e. The normalized spacial score (nSPS) is 27.2. The van der Waals surface area contributed by atoms with E-state index in [4.69, 9.17) is 5.73 Å². The van der Waals surface area contributed by atoms with Crippen LogP contribution in [0.15, 0.2) is 30.6 Å². The van der Waals surface area contributed by atoms with Gasteiger partial charge in [-0.1, -0.05) is 6.07 Å². The molecule has 3 nitrogen and oxygen atoms in total. The third kappa shape index (κ3) is 1.06. The molecule has 0 bridgehead atoms. The van der Waals surface area contributed by atoms with E-state index in [1.54, 1.807) is 22.9 Å². The van der Waals surface area contributed by atoms with Gasteiger partial charge < -0.3 is 10.1 Å². The SMILES string of the molecule is NCC1(c2cn3ccccc3n2)CC1(F)F. The minimum atomic E-state index is -2.71. The molecule has 0 saturated heterocycles. The highest BCUT2D eigenvalue weighted by molar-refractivity contribution is 5.44. The number of hydrogen-bond acceptors (Lipinski definition) is 2. The summed E-state index contributed by atoms with van der Waals surface area (Å²) in [6.07, 6.45) is 3.24. The molecule has 1 atom stereocenters. The fourth-order valence-electron chi connectivity index (χ4n) is 2.10. The highest BCUT2D eigenvalue weighted by Crippen LogP contribution is 2.60. The summed E-state index contributed by atoms with van der Waals surface area (Å²) in [6, 6.07) is 5.44. The average Bonchev–Trinajstić information content (AvgIpc) is 2.67. The number of hydrogen-bond donors (Lipinski definition) is 1. The molecule has 84 valence electrons. The maximum atomic E-state index is 13.3. The Morgan fingerprint density at radius 2 is 2.19 bits per heavy atom. The summed E-state index contributed by atoms with van der Waals surface area (Å²) in [5.74, 6) is -2.71. The van der Waals surface area contributed by atoms with Gasteiger partial charge in [-0.2, -0.15) is 0 Å². The molecule has 2 N–H and O–H groups in total. The first-order valence-electron chi connectivity index (χ1n) is 5.11. The predicted molar refractivity (Wildman–Crippen MR) is 55.5 cm³/mol. The van der Waals surface area contributed by atoms with Crippen molar-refractivity contribution in [1.29, 1.82) is 0 Å². The van der Waals surface area contributed by atoms with Gasteiger partial charge in [-0.25, -0.2) is 13.8 Å². The van der Waals surface area contributed by atoms with Gasteiger partial charge in [0, 0.05) is 25.4 Å². The second-order valence-electron chi connectivity index (χ2n) is 4.26. The van der Waals surface area contributed by atoms with Gasteiger partial charge >= 0.3 is 0 Å². The van der Waals surface area contributed by atoms with Crippen molar-refractivity contribution < 1.29 is 8.78 Å². The van der Waals surface area contributed by atoms with E-state index in [9.17, 15) is 8.78 Å². The van der Waals surface area contributed by atoms with E-state index >= 15 is 0 Å². The molecule has 1 fully saturated rings. The van der Waals surface area contributed by atoms with Crippen LogP contribution in [0.5, 0.6) is 0 Å². The standard InChI is InChI=1S/C11H11F2N3/c12-11(13)6-10(11,7-14)8-5-16-4-2-1-3-9(16)15-8/h1-5H,6-7,14H2. The van der Waals surface area contributed by atoms with Crippen LogP contribution in [0, 0.1) is 0 Å². The third-order valence-corrected chi connectivity index (χ3v) is 3.30. The highest BCUT2D eigenvalue weighted by Gasteiger charge is 2.72. The van der Waals surface area contributed by atoms with Crippen LogP contribution >= 0.6 is 0 Å². The minimum absolute atomic E-state index is 0.0656. The van der Waals surface area contributed by atoms with E-state index in [2.05, 4.69) is 4.98 Å². The van der Waals surface area contributed by atoms with Gasteiger partial charge in [-0.3, -0.25) is 0 Å². The summed E-state index contributed by atoms with van der Waals surface area (Å²) in [7, 11) is 0. The molecule has 2 heterocycles. The molecular formula is C11H11F2N3. The zero-order valence-corrected chi connectivity index (χ0v) is 8.53. The average molecular weight is 223 g/mol. The molecule has 3 rings (SSSR count). The van der Waals surface area contributed by atoms with Crippen LogP contribution in [0.2, 0.25) is 0 Å². The number of alkyl halides is 2. The van der Waals surface area contributed by atoms with Crippen LogP contribution in [0.3, 0.4) is 0 Å². The molecule has 0 aromatic carbocycles. The van der Waals surface area contributed by atoms with Crippen LogP contribution in [-0.4, -0.2) is 21.9 Å². The van der Waals surface area contributed by atoms with Crippen LogP contribution in [0.1, 0.15) is 12.1 Å². The van der Waals surface area contributed by atoms with Crippen molar-refractivity contribution >= 4 is 5.65 Å².